The quantitative estimate of drug-likeness (QED) is 0.448. The number of rotatable bonds is 9. The van der Waals surface area contributed by atoms with Gasteiger partial charge in [0.25, 0.3) is 0 Å². The molecule has 1 amide bonds. The summed E-state index contributed by atoms with van der Waals surface area (Å²) in [5.74, 6) is 1.01. The summed E-state index contributed by atoms with van der Waals surface area (Å²) in [5, 5.41) is 12.2. The highest BCUT2D eigenvalue weighted by atomic mass is 32.2. The number of aryl methyl sites for hydroxylation is 1. The van der Waals surface area contributed by atoms with Crippen molar-refractivity contribution in [2.24, 2.45) is 0 Å². The number of carbonyl (C=O) groups is 1. The van der Waals surface area contributed by atoms with Crippen molar-refractivity contribution in [3.63, 3.8) is 0 Å². The Labute approximate surface area is 186 Å². The van der Waals surface area contributed by atoms with E-state index in [2.05, 4.69) is 22.4 Å². The first kappa shape index (κ1) is 22.8. The molecule has 31 heavy (non-hydrogen) atoms. The van der Waals surface area contributed by atoms with Gasteiger partial charge in [-0.2, -0.15) is 0 Å². The monoisotopic (exact) mass is 442 g/mol. The molecule has 0 radical (unpaired) electrons. The minimum absolute atomic E-state index is 0.0793. The molecule has 3 aromatic rings. The lowest BCUT2D eigenvalue weighted by atomic mass is 10.1. The summed E-state index contributed by atoms with van der Waals surface area (Å²) in [6.45, 7) is 7.98. The van der Waals surface area contributed by atoms with Crippen molar-refractivity contribution < 1.29 is 13.9 Å². The van der Waals surface area contributed by atoms with Gasteiger partial charge in [-0.25, -0.2) is 4.39 Å². The number of para-hydroxylation sites is 1. The third kappa shape index (κ3) is 5.85. The lowest BCUT2D eigenvalue weighted by Gasteiger charge is -2.19. The number of aromatic nitrogens is 3. The zero-order valence-corrected chi connectivity index (χ0v) is 18.9. The third-order valence-corrected chi connectivity index (χ3v) is 5.65. The summed E-state index contributed by atoms with van der Waals surface area (Å²) < 4.78 is 21.0. The van der Waals surface area contributed by atoms with Crippen molar-refractivity contribution in [2.45, 2.75) is 51.4 Å². The molecule has 1 atom stereocenters. The molecule has 0 bridgehead atoms. The molecule has 0 spiro atoms. The largest absolute Gasteiger partial charge is 0.483 e. The van der Waals surface area contributed by atoms with Crippen LogP contribution in [0.4, 0.5) is 10.1 Å². The summed E-state index contributed by atoms with van der Waals surface area (Å²) in [7, 11) is 0. The molecule has 0 aliphatic carbocycles. The first-order valence-corrected chi connectivity index (χ1v) is 11.2. The number of benzene rings is 2. The van der Waals surface area contributed by atoms with E-state index in [1.54, 1.807) is 12.1 Å². The van der Waals surface area contributed by atoms with E-state index in [0.29, 0.717) is 16.7 Å². The summed E-state index contributed by atoms with van der Waals surface area (Å²) in [5.41, 5.74) is 1.93. The van der Waals surface area contributed by atoms with E-state index in [-0.39, 0.29) is 29.6 Å². The fourth-order valence-corrected chi connectivity index (χ4v) is 4.06. The molecule has 1 N–H and O–H groups in total. The maximum absolute atomic E-state index is 13.1. The first-order valence-electron chi connectivity index (χ1n) is 10.3. The smallest absolute Gasteiger partial charge is 0.234 e. The second-order valence-corrected chi connectivity index (χ2v) is 8.31. The summed E-state index contributed by atoms with van der Waals surface area (Å²) in [6.07, 6.45) is 0.459. The fraction of sp³-hybridized carbons (Fsp3) is 0.348. The van der Waals surface area contributed by atoms with Crippen molar-refractivity contribution >= 4 is 23.4 Å². The topological polar surface area (TPSA) is 69.0 Å². The number of anilines is 1. The van der Waals surface area contributed by atoms with Crippen molar-refractivity contribution in [3.8, 4) is 5.75 Å². The third-order valence-electron chi connectivity index (χ3n) is 4.70. The van der Waals surface area contributed by atoms with E-state index in [1.165, 1.54) is 23.9 Å². The van der Waals surface area contributed by atoms with Gasteiger partial charge < -0.3 is 14.6 Å². The zero-order valence-electron chi connectivity index (χ0n) is 18.1. The van der Waals surface area contributed by atoms with Gasteiger partial charge in [-0.1, -0.05) is 36.9 Å². The Kier molecular flexibility index (Phi) is 7.68. The second kappa shape index (κ2) is 10.4. The van der Waals surface area contributed by atoms with Crippen LogP contribution in [0, 0.1) is 5.82 Å². The molecule has 1 unspecified atom stereocenters. The van der Waals surface area contributed by atoms with Crippen LogP contribution in [0.2, 0.25) is 0 Å². The Morgan fingerprint density at radius 3 is 2.52 bits per heavy atom. The summed E-state index contributed by atoms with van der Waals surface area (Å²) >= 11 is 1.33. The minimum Gasteiger partial charge on any atom is -0.483 e. The molecular weight excluding hydrogens is 415 g/mol. The van der Waals surface area contributed by atoms with E-state index in [9.17, 15) is 9.18 Å². The molecule has 3 rings (SSSR count). The van der Waals surface area contributed by atoms with Gasteiger partial charge in [0.1, 0.15) is 11.6 Å². The lowest BCUT2D eigenvalue weighted by molar-refractivity contribution is -0.113. The number of carbonyl (C=O) groups excluding carboxylic acids is 1. The number of nitrogens with one attached hydrogen (secondary N) is 1. The highest BCUT2D eigenvalue weighted by molar-refractivity contribution is 7.99. The van der Waals surface area contributed by atoms with Gasteiger partial charge in [0, 0.05) is 11.7 Å². The number of halogens is 1. The zero-order chi connectivity index (χ0) is 22.4. The highest BCUT2D eigenvalue weighted by Gasteiger charge is 2.22. The van der Waals surface area contributed by atoms with Crippen LogP contribution >= 0.6 is 11.8 Å². The molecular formula is C23H27FN4O2S. The van der Waals surface area contributed by atoms with Gasteiger partial charge in [-0.05, 0) is 63.1 Å². The van der Waals surface area contributed by atoms with Crippen LogP contribution in [0.3, 0.4) is 0 Å². The Bertz CT molecular complexity index is 1020. The predicted molar refractivity (Wildman–Crippen MR) is 121 cm³/mol. The SMILES string of the molecule is CCc1ccccc1NC(=O)CSc1nnc(C(C)Oc2ccc(F)cc2)n1C(C)C. The average Bonchev–Trinajstić information content (AvgIpc) is 3.19. The van der Waals surface area contributed by atoms with Crippen molar-refractivity contribution in [1.82, 2.24) is 14.8 Å². The highest BCUT2D eigenvalue weighted by Crippen LogP contribution is 2.28. The maximum Gasteiger partial charge on any atom is 0.234 e. The number of hydrogen-bond acceptors (Lipinski definition) is 5. The number of ether oxygens (including phenoxy) is 1. The van der Waals surface area contributed by atoms with Crippen molar-refractivity contribution in [3.05, 3.63) is 65.7 Å². The van der Waals surface area contributed by atoms with Gasteiger partial charge in [-0.15, -0.1) is 10.2 Å². The molecule has 2 aromatic carbocycles. The Hall–Kier alpha value is -2.87. The Balaban J connectivity index is 1.68. The summed E-state index contributed by atoms with van der Waals surface area (Å²) in [4.78, 5) is 12.5. The second-order valence-electron chi connectivity index (χ2n) is 7.37. The molecule has 0 saturated carbocycles. The van der Waals surface area contributed by atoms with Gasteiger partial charge in [0.15, 0.2) is 17.1 Å². The number of amides is 1. The van der Waals surface area contributed by atoms with E-state index in [4.69, 9.17) is 4.74 Å². The van der Waals surface area contributed by atoms with Gasteiger partial charge in [0.2, 0.25) is 5.91 Å². The molecule has 8 heteroatoms. The van der Waals surface area contributed by atoms with E-state index < -0.39 is 0 Å². The van der Waals surface area contributed by atoms with E-state index >= 15 is 0 Å². The molecule has 6 nitrogen and oxygen atoms in total. The first-order chi connectivity index (χ1) is 14.9. The minimum atomic E-state index is -0.389. The fourth-order valence-electron chi connectivity index (χ4n) is 3.19. The van der Waals surface area contributed by atoms with Crippen LogP contribution in [0.25, 0.3) is 0 Å². The Morgan fingerprint density at radius 1 is 1.13 bits per heavy atom. The van der Waals surface area contributed by atoms with Gasteiger partial charge in [-0.3, -0.25) is 4.79 Å². The molecule has 0 aliphatic heterocycles. The average molecular weight is 443 g/mol. The molecule has 164 valence electrons. The lowest BCUT2D eigenvalue weighted by Crippen LogP contribution is -2.17. The molecule has 0 fully saturated rings. The maximum atomic E-state index is 13.1. The molecule has 0 saturated heterocycles. The summed E-state index contributed by atoms with van der Waals surface area (Å²) in [6, 6.07) is 13.7. The molecule has 1 heterocycles. The van der Waals surface area contributed by atoms with Gasteiger partial charge >= 0.3 is 0 Å². The molecule has 1 aromatic heterocycles. The van der Waals surface area contributed by atoms with Crippen LogP contribution in [0.15, 0.2) is 53.7 Å². The molecule has 0 aliphatic rings. The normalized spacial score (nSPS) is 12.1. The van der Waals surface area contributed by atoms with E-state index in [0.717, 1.165) is 17.7 Å². The number of hydrogen-bond donors (Lipinski definition) is 1. The van der Waals surface area contributed by atoms with Crippen LogP contribution in [-0.2, 0) is 11.2 Å². The van der Waals surface area contributed by atoms with Crippen molar-refractivity contribution in [1.29, 1.82) is 0 Å². The number of nitrogens with zero attached hydrogens (tertiary/aromatic N) is 3. The van der Waals surface area contributed by atoms with Gasteiger partial charge in [0.05, 0.1) is 5.75 Å². The van der Waals surface area contributed by atoms with Crippen LogP contribution in [0.1, 0.15) is 51.2 Å². The van der Waals surface area contributed by atoms with Crippen molar-refractivity contribution in [2.75, 3.05) is 11.1 Å². The van der Waals surface area contributed by atoms with E-state index in [1.807, 2.05) is 49.6 Å². The van der Waals surface area contributed by atoms with Crippen LogP contribution in [0.5, 0.6) is 5.75 Å². The predicted octanol–water partition coefficient (Wildman–Crippen LogP) is 5.43. The Morgan fingerprint density at radius 2 is 1.84 bits per heavy atom. The number of thioether (sulfide) groups is 1. The van der Waals surface area contributed by atoms with Crippen LogP contribution in [-0.4, -0.2) is 26.4 Å². The standard InChI is InChI=1S/C23H27FN4O2S/c1-5-17-8-6-7-9-20(17)25-21(29)14-31-23-27-26-22(28(23)15(2)3)16(4)30-19-12-10-18(24)11-13-19/h6-13,15-16H,5,14H2,1-4H3,(H,25,29). The van der Waals surface area contributed by atoms with Crippen LogP contribution < -0.4 is 10.1 Å².